The third kappa shape index (κ3) is 2.56. The maximum absolute atomic E-state index is 13.3. The van der Waals surface area contributed by atoms with E-state index >= 15 is 0 Å². The number of hydrogen-bond donors (Lipinski definition) is 1. The minimum absolute atomic E-state index is 0.498. The van der Waals surface area contributed by atoms with E-state index in [-0.39, 0.29) is 0 Å². The highest BCUT2D eigenvalue weighted by Crippen LogP contribution is 2.41. The number of halogens is 2. The van der Waals surface area contributed by atoms with Crippen molar-refractivity contribution in [1.82, 2.24) is 0 Å². The lowest BCUT2D eigenvalue weighted by molar-refractivity contribution is 0.183. The average Bonchev–Trinajstić information content (AvgIpc) is 2.32. The minimum Gasteiger partial charge on any atom is -0.321 e. The number of hydrogen-bond acceptors (Lipinski definition) is 1. The van der Waals surface area contributed by atoms with Crippen LogP contribution in [0, 0.1) is 23.5 Å². The van der Waals surface area contributed by atoms with Crippen molar-refractivity contribution < 1.29 is 8.78 Å². The van der Waals surface area contributed by atoms with Crippen molar-refractivity contribution in [2.75, 3.05) is 0 Å². The molecule has 0 aromatic heterocycles. The Kier molecular flexibility index (Phi) is 3.71. The second-order valence-corrected chi connectivity index (χ2v) is 5.89. The Morgan fingerprint density at radius 2 is 2.00 bits per heavy atom. The van der Waals surface area contributed by atoms with Gasteiger partial charge in [-0.2, -0.15) is 0 Å². The average molecular weight is 253 g/mol. The second kappa shape index (κ2) is 4.96. The third-order valence-electron chi connectivity index (χ3n) is 4.26. The van der Waals surface area contributed by atoms with Crippen molar-refractivity contribution in [3.05, 3.63) is 35.4 Å². The summed E-state index contributed by atoms with van der Waals surface area (Å²) in [6.07, 6.45) is 3.94. The molecule has 3 heteroatoms. The maximum Gasteiger partial charge on any atom is 0.159 e. The molecular weight excluding hydrogens is 232 g/mol. The van der Waals surface area contributed by atoms with Crippen molar-refractivity contribution in [2.24, 2.45) is 17.6 Å². The van der Waals surface area contributed by atoms with Gasteiger partial charge in [-0.25, -0.2) is 8.78 Å². The van der Waals surface area contributed by atoms with E-state index in [2.05, 4.69) is 13.8 Å². The minimum atomic E-state index is -0.807. The fourth-order valence-corrected chi connectivity index (χ4v) is 2.99. The Labute approximate surface area is 107 Å². The van der Waals surface area contributed by atoms with Crippen LogP contribution in [0.1, 0.15) is 45.1 Å². The molecule has 2 rings (SSSR count). The van der Waals surface area contributed by atoms with Gasteiger partial charge in [0.25, 0.3) is 0 Å². The second-order valence-electron chi connectivity index (χ2n) is 5.89. The zero-order valence-electron chi connectivity index (χ0n) is 11.0. The van der Waals surface area contributed by atoms with E-state index < -0.39 is 17.2 Å². The van der Waals surface area contributed by atoms with Crippen LogP contribution in [0.3, 0.4) is 0 Å². The number of rotatable bonds is 2. The fourth-order valence-electron chi connectivity index (χ4n) is 2.99. The van der Waals surface area contributed by atoms with Gasteiger partial charge in [-0.1, -0.05) is 32.8 Å². The molecule has 100 valence electrons. The van der Waals surface area contributed by atoms with Crippen molar-refractivity contribution >= 4 is 0 Å². The van der Waals surface area contributed by atoms with Crippen molar-refractivity contribution in [2.45, 2.75) is 45.1 Å². The molecule has 2 unspecified atom stereocenters. The molecule has 0 heterocycles. The van der Waals surface area contributed by atoms with Gasteiger partial charge >= 0.3 is 0 Å². The molecule has 2 atom stereocenters. The van der Waals surface area contributed by atoms with Gasteiger partial charge in [-0.3, -0.25) is 0 Å². The van der Waals surface area contributed by atoms with Crippen LogP contribution in [0.5, 0.6) is 0 Å². The van der Waals surface area contributed by atoms with Crippen LogP contribution in [0.2, 0.25) is 0 Å². The van der Waals surface area contributed by atoms with Crippen molar-refractivity contribution in [1.29, 1.82) is 0 Å². The van der Waals surface area contributed by atoms with Crippen LogP contribution >= 0.6 is 0 Å². The summed E-state index contributed by atoms with van der Waals surface area (Å²) in [4.78, 5) is 0. The van der Waals surface area contributed by atoms with E-state index in [1.807, 2.05) is 0 Å². The van der Waals surface area contributed by atoms with Crippen LogP contribution in [-0.2, 0) is 5.54 Å². The summed E-state index contributed by atoms with van der Waals surface area (Å²) in [7, 11) is 0. The normalized spacial score (nSPS) is 28.7. The Bertz CT molecular complexity index is 431. The summed E-state index contributed by atoms with van der Waals surface area (Å²) in [6, 6.07) is 4.07. The molecule has 1 aliphatic rings. The summed E-state index contributed by atoms with van der Waals surface area (Å²) in [5.74, 6) is -0.460. The summed E-state index contributed by atoms with van der Waals surface area (Å²) in [6.45, 7) is 4.39. The van der Waals surface area contributed by atoms with Crippen LogP contribution in [-0.4, -0.2) is 0 Å². The molecule has 1 aliphatic carbocycles. The summed E-state index contributed by atoms with van der Waals surface area (Å²) in [5, 5.41) is 0. The van der Waals surface area contributed by atoms with Gasteiger partial charge in [0.2, 0.25) is 0 Å². The predicted molar refractivity (Wildman–Crippen MR) is 69.0 cm³/mol. The Morgan fingerprint density at radius 3 is 2.61 bits per heavy atom. The quantitative estimate of drug-likeness (QED) is 0.848. The van der Waals surface area contributed by atoms with Gasteiger partial charge in [-0.05, 0) is 42.4 Å². The van der Waals surface area contributed by atoms with Crippen LogP contribution in [0.4, 0.5) is 8.78 Å². The van der Waals surface area contributed by atoms with E-state index in [0.717, 1.165) is 24.8 Å². The molecule has 2 N–H and O–H groups in total. The van der Waals surface area contributed by atoms with Crippen LogP contribution in [0.15, 0.2) is 18.2 Å². The van der Waals surface area contributed by atoms with Gasteiger partial charge < -0.3 is 5.73 Å². The molecule has 1 fully saturated rings. The van der Waals surface area contributed by atoms with Gasteiger partial charge in [0, 0.05) is 5.54 Å². The fraction of sp³-hybridized carbons (Fsp3) is 0.600. The lowest BCUT2D eigenvalue weighted by Crippen LogP contribution is -2.42. The molecule has 1 nitrogen and oxygen atoms in total. The third-order valence-corrected chi connectivity index (χ3v) is 4.26. The maximum atomic E-state index is 13.3. The molecule has 1 saturated carbocycles. The first-order chi connectivity index (χ1) is 8.42. The topological polar surface area (TPSA) is 26.0 Å². The van der Waals surface area contributed by atoms with Crippen LogP contribution in [0.25, 0.3) is 0 Å². The highest BCUT2D eigenvalue weighted by atomic mass is 19.2. The molecule has 0 radical (unpaired) electrons. The zero-order valence-corrected chi connectivity index (χ0v) is 11.0. The molecule has 0 amide bonds. The lowest BCUT2D eigenvalue weighted by atomic mass is 9.69. The highest BCUT2D eigenvalue weighted by Gasteiger charge is 2.35. The number of nitrogens with two attached hydrogens (primary N) is 1. The van der Waals surface area contributed by atoms with Gasteiger partial charge in [0.05, 0.1) is 0 Å². The van der Waals surface area contributed by atoms with Gasteiger partial charge in [0.15, 0.2) is 11.6 Å². The SMILES string of the molecule is CC(C)C1CCCC(N)(c2ccc(F)c(F)c2)C1. The largest absolute Gasteiger partial charge is 0.321 e. The Balaban J connectivity index is 2.26. The molecule has 0 spiro atoms. The Hall–Kier alpha value is -0.960. The summed E-state index contributed by atoms with van der Waals surface area (Å²) < 4.78 is 26.3. The van der Waals surface area contributed by atoms with Crippen molar-refractivity contribution in [3.63, 3.8) is 0 Å². The first-order valence-corrected chi connectivity index (χ1v) is 6.67. The smallest absolute Gasteiger partial charge is 0.159 e. The summed E-state index contributed by atoms with van der Waals surface area (Å²) in [5.41, 5.74) is 6.67. The summed E-state index contributed by atoms with van der Waals surface area (Å²) >= 11 is 0. The molecule has 0 aliphatic heterocycles. The van der Waals surface area contributed by atoms with E-state index in [9.17, 15) is 8.78 Å². The van der Waals surface area contributed by atoms with Gasteiger partial charge in [0.1, 0.15) is 0 Å². The van der Waals surface area contributed by atoms with E-state index in [0.29, 0.717) is 11.8 Å². The van der Waals surface area contributed by atoms with Crippen molar-refractivity contribution in [3.8, 4) is 0 Å². The zero-order chi connectivity index (χ0) is 13.3. The monoisotopic (exact) mass is 253 g/mol. The lowest BCUT2D eigenvalue weighted by Gasteiger charge is -2.40. The molecule has 18 heavy (non-hydrogen) atoms. The first kappa shape index (κ1) is 13.5. The molecule has 0 saturated heterocycles. The number of benzene rings is 1. The molecular formula is C15H21F2N. The standard InChI is InChI=1S/C15H21F2N/c1-10(2)11-4-3-7-15(18,9-11)12-5-6-13(16)14(17)8-12/h5-6,8,10-11H,3-4,7,9,18H2,1-2H3. The molecule has 1 aromatic carbocycles. The predicted octanol–water partition coefficient (Wildman–Crippen LogP) is 3.97. The Morgan fingerprint density at radius 1 is 1.28 bits per heavy atom. The highest BCUT2D eigenvalue weighted by molar-refractivity contribution is 5.26. The van der Waals surface area contributed by atoms with E-state index in [1.165, 1.54) is 18.6 Å². The molecule has 0 bridgehead atoms. The first-order valence-electron chi connectivity index (χ1n) is 6.67. The van der Waals surface area contributed by atoms with Crippen LogP contribution < -0.4 is 5.73 Å². The van der Waals surface area contributed by atoms with E-state index in [1.54, 1.807) is 6.07 Å². The van der Waals surface area contributed by atoms with E-state index in [4.69, 9.17) is 5.73 Å². The van der Waals surface area contributed by atoms with Gasteiger partial charge in [-0.15, -0.1) is 0 Å². The molecule has 1 aromatic rings.